The summed E-state index contributed by atoms with van der Waals surface area (Å²) in [5.74, 6) is 1.77. The molecule has 1 fully saturated rings. The van der Waals surface area contributed by atoms with Crippen molar-refractivity contribution >= 4 is 11.0 Å². The number of likely N-dealkylation sites (tertiary alicyclic amines) is 1. The van der Waals surface area contributed by atoms with Crippen LogP contribution in [0.3, 0.4) is 0 Å². The second-order valence-corrected chi connectivity index (χ2v) is 7.81. The van der Waals surface area contributed by atoms with Gasteiger partial charge < -0.3 is 4.42 Å². The minimum atomic E-state index is -0.182. The molecular weight excluding hydrogens is 314 g/mol. The highest BCUT2D eigenvalue weighted by molar-refractivity contribution is 5.77. The molecule has 132 valence electrons. The van der Waals surface area contributed by atoms with Crippen LogP contribution in [0.5, 0.6) is 0 Å². The van der Waals surface area contributed by atoms with Crippen molar-refractivity contribution in [2.24, 2.45) is 0 Å². The van der Waals surface area contributed by atoms with Gasteiger partial charge in [0.1, 0.15) is 17.4 Å². The Labute approximate surface area is 147 Å². The molecule has 4 rings (SSSR count). The zero-order valence-corrected chi connectivity index (χ0v) is 15.1. The first-order chi connectivity index (χ1) is 12.0. The van der Waals surface area contributed by atoms with E-state index in [1.54, 1.807) is 0 Å². The van der Waals surface area contributed by atoms with Crippen LogP contribution in [-0.2, 0) is 5.54 Å². The molecule has 1 aliphatic rings. The van der Waals surface area contributed by atoms with Crippen molar-refractivity contribution in [2.75, 3.05) is 13.1 Å². The van der Waals surface area contributed by atoms with Crippen LogP contribution in [0.2, 0.25) is 0 Å². The first-order valence-corrected chi connectivity index (χ1v) is 9.05. The maximum absolute atomic E-state index is 6.22. The summed E-state index contributed by atoms with van der Waals surface area (Å²) in [6, 6.07) is 10.2. The standard InChI is InChI=1S/C19H25N5O/c1-19(2,3)24-18(20-21-22-24)17(23-11-7-4-8-12-23)16-13-14-9-5-6-10-15(14)25-16/h5-6,9-10,13,17H,4,7-8,11-12H2,1-3H3. The Bertz CT molecular complexity index is 821. The first kappa shape index (κ1) is 16.3. The molecule has 0 amide bonds. The van der Waals surface area contributed by atoms with Gasteiger partial charge in [-0.2, -0.15) is 0 Å². The van der Waals surface area contributed by atoms with Gasteiger partial charge in [-0.1, -0.05) is 24.6 Å². The molecule has 0 aliphatic carbocycles. The van der Waals surface area contributed by atoms with Crippen LogP contribution in [0.4, 0.5) is 0 Å². The Morgan fingerprint density at radius 2 is 1.84 bits per heavy atom. The fraction of sp³-hybridized carbons (Fsp3) is 0.526. The molecule has 3 aromatic rings. The van der Waals surface area contributed by atoms with Gasteiger partial charge in [-0.25, -0.2) is 4.68 Å². The van der Waals surface area contributed by atoms with E-state index in [1.807, 2.05) is 22.9 Å². The van der Waals surface area contributed by atoms with Crippen molar-refractivity contribution in [1.82, 2.24) is 25.1 Å². The van der Waals surface area contributed by atoms with Crippen LogP contribution >= 0.6 is 0 Å². The molecule has 25 heavy (non-hydrogen) atoms. The molecule has 1 unspecified atom stereocenters. The van der Waals surface area contributed by atoms with Crippen LogP contribution in [0.1, 0.15) is 57.7 Å². The quantitative estimate of drug-likeness (QED) is 0.727. The number of piperidine rings is 1. The van der Waals surface area contributed by atoms with Crippen molar-refractivity contribution in [2.45, 2.75) is 51.6 Å². The highest BCUT2D eigenvalue weighted by Gasteiger charge is 2.34. The molecule has 6 heteroatoms. The number of rotatable bonds is 3. The van der Waals surface area contributed by atoms with Crippen molar-refractivity contribution < 1.29 is 4.42 Å². The van der Waals surface area contributed by atoms with Gasteiger partial charge in [0.25, 0.3) is 0 Å². The Morgan fingerprint density at radius 1 is 1.08 bits per heavy atom. The number of nitrogens with zero attached hydrogens (tertiary/aromatic N) is 5. The Hall–Kier alpha value is -2.21. The zero-order valence-electron chi connectivity index (χ0n) is 15.1. The monoisotopic (exact) mass is 339 g/mol. The van der Waals surface area contributed by atoms with Gasteiger partial charge in [0, 0.05) is 5.39 Å². The third-order valence-electron chi connectivity index (χ3n) is 4.84. The van der Waals surface area contributed by atoms with Gasteiger partial charge in [-0.3, -0.25) is 4.90 Å². The maximum atomic E-state index is 6.22. The summed E-state index contributed by atoms with van der Waals surface area (Å²) < 4.78 is 8.15. The van der Waals surface area contributed by atoms with Crippen LogP contribution in [0, 0.1) is 0 Å². The molecule has 6 nitrogen and oxygen atoms in total. The summed E-state index contributed by atoms with van der Waals surface area (Å²) >= 11 is 0. The highest BCUT2D eigenvalue weighted by Crippen LogP contribution is 2.34. The summed E-state index contributed by atoms with van der Waals surface area (Å²) in [6.07, 6.45) is 3.69. The molecule has 1 aliphatic heterocycles. The van der Waals surface area contributed by atoms with E-state index >= 15 is 0 Å². The van der Waals surface area contributed by atoms with Gasteiger partial charge in [-0.05, 0) is 69.3 Å². The summed E-state index contributed by atoms with van der Waals surface area (Å²) in [5.41, 5.74) is 0.730. The number of hydrogen-bond acceptors (Lipinski definition) is 5. The Morgan fingerprint density at radius 3 is 2.56 bits per heavy atom. The molecule has 1 atom stereocenters. The lowest BCUT2D eigenvalue weighted by atomic mass is 10.0. The maximum Gasteiger partial charge on any atom is 0.176 e. The number of aromatic nitrogens is 4. The average Bonchev–Trinajstić information content (AvgIpc) is 3.22. The summed E-state index contributed by atoms with van der Waals surface area (Å²) in [4.78, 5) is 2.45. The summed E-state index contributed by atoms with van der Waals surface area (Å²) in [7, 11) is 0. The van der Waals surface area contributed by atoms with Crippen LogP contribution in [0.25, 0.3) is 11.0 Å². The smallest absolute Gasteiger partial charge is 0.176 e. The number of tetrazole rings is 1. The minimum absolute atomic E-state index is 0.0538. The third-order valence-corrected chi connectivity index (χ3v) is 4.84. The van der Waals surface area contributed by atoms with E-state index in [1.165, 1.54) is 19.3 Å². The Kier molecular flexibility index (Phi) is 4.07. The van der Waals surface area contributed by atoms with Gasteiger partial charge in [0.2, 0.25) is 0 Å². The molecule has 2 aromatic heterocycles. The molecule has 0 radical (unpaired) electrons. The van der Waals surface area contributed by atoms with Crippen molar-refractivity contribution in [3.8, 4) is 0 Å². The van der Waals surface area contributed by atoms with E-state index in [4.69, 9.17) is 4.42 Å². The van der Waals surface area contributed by atoms with E-state index in [0.29, 0.717) is 0 Å². The molecular formula is C19H25N5O. The van der Waals surface area contributed by atoms with E-state index in [0.717, 1.165) is 35.6 Å². The highest BCUT2D eigenvalue weighted by atomic mass is 16.3. The second-order valence-electron chi connectivity index (χ2n) is 7.81. The molecule has 1 saturated heterocycles. The lowest BCUT2D eigenvalue weighted by molar-refractivity contribution is 0.155. The number of fused-ring (bicyclic) bond motifs is 1. The SMILES string of the molecule is CC(C)(C)n1nnnc1C(c1cc2ccccc2o1)N1CCCCC1. The van der Waals surface area contributed by atoms with Crippen LogP contribution in [-0.4, -0.2) is 38.2 Å². The third kappa shape index (κ3) is 3.06. The number of para-hydroxylation sites is 1. The first-order valence-electron chi connectivity index (χ1n) is 9.05. The van der Waals surface area contributed by atoms with E-state index in [2.05, 4.69) is 53.3 Å². The molecule has 3 heterocycles. The topological polar surface area (TPSA) is 60.0 Å². The molecule has 1 aromatic carbocycles. The molecule has 0 spiro atoms. The van der Waals surface area contributed by atoms with Gasteiger partial charge in [-0.15, -0.1) is 5.10 Å². The zero-order chi connectivity index (χ0) is 17.4. The molecule has 0 N–H and O–H groups in total. The van der Waals surface area contributed by atoms with Gasteiger partial charge in [0.05, 0.1) is 5.54 Å². The fourth-order valence-electron chi connectivity index (χ4n) is 3.63. The predicted octanol–water partition coefficient (Wildman–Crippen LogP) is 3.75. The average molecular weight is 339 g/mol. The largest absolute Gasteiger partial charge is 0.459 e. The van der Waals surface area contributed by atoms with Crippen LogP contribution in [0.15, 0.2) is 34.7 Å². The van der Waals surface area contributed by atoms with E-state index in [9.17, 15) is 0 Å². The van der Waals surface area contributed by atoms with E-state index in [-0.39, 0.29) is 11.6 Å². The number of hydrogen-bond donors (Lipinski definition) is 0. The van der Waals surface area contributed by atoms with Gasteiger partial charge in [0.15, 0.2) is 5.82 Å². The molecule has 0 bridgehead atoms. The second kappa shape index (κ2) is 6.26. The van der Waals surface area contributed by atoms with Crippen LogP contribution < -0.4 is 0 Å². The van der Waals surface area contributed by atoms with E-state index < -0.39 is 0 Å². The van der Waals surface area contributed by atoms with Crippen molar-refractivity contribution in [3.63, 3.8) is 0 Å². The Balaban J connectivity index is 1.83. The lowest BCUT2D eigenvalue weighted by Crippen LogP contribution is -2.37. The number of benzene rings is 1. The predicted molar refractivity (Wildman–Crippen MR) is 96.3 cm³/mol. The summed E-state index contributed by atoms with van der Waals surface area (Å²) in [5, 5.41) is 13.8. The van der Waals surface area contributed by atoms with Crippen molar-refractivity contribution in [1.29, 1.82) is 0 Å². The summed E-state index contributed by atoms with van der Waals surface area (Å²) in [6.45, 7) is 8.45. The normalized spacial score (nSPS) is 17.9. The fourth-order valence-corrected chi connectivity index (χ4v) is 3.63. The number of furan rings is 1. The van der Waals surface area contributed by atoms with Crippen molar-refractivity contribution in [3.05, 3.63) is 41.9 Å². The minimum Gasteiger partial charge on any atom is -0.459 e. The lowest BCUT2D eigenvalue weighted by Gasteiger charge is -2.33. The molecule has 0 saturated carbocycles. The van der Waals surface area contributed by atoms with Gasteiger partial charge >= 0.3 is 0 Å².